The van der Waals surface area contributed by atoms with E-state index in [0.717, 1.165) is 32.5 Å². The van der Waals surface area contributed by atoms with Gasteiger partial charge in [0.15, 0.2) is 0 Å². The molecule has 1 saturated heterocycles. The van der Waals surface area contributed by atoms with Gasteiger partial charge in [0, 0.05) is 17.3 Å². The van der Waals surface area contributed by atoms with Gasteiger partial charge in [-0.25, -0.2) is 9.78 Å². The maximum atomic E-state index is 10.4. The Morgan fingerprint density at radius 2 is 2.19 bits per heavy atom. The first-order chi connectivity index (χ1) is 10.2. The van der Waals surface area contributed by atoms with Crippen LogP contribution in [0.5, 0.6) is 0 Å². The lowest BCUT2D eigenvalue weighted by Gasteiger charge is -2.30. The first-order valence-electron chi connectivity index (χ1n) is 7.73. The molecule has 6 heteroatoms. The van der Waals surface area contributed by atoms with Crippen LogP contribution in [0.3, 0.4) is 0 Å². The molecule has 0 aromatic carbocycles. The molecule has 1 fully saturated rings. The van der Waals surface area contributed by atoms with Gasteiger partial charge < -0.3 is 14.7 Å². The van der Waals surface area contributed by atoms with Crippen molar-refractivity contribution in [1.82, 2.24) is 9.88 Å². The van der Waals surface area contributed by atoms with Crippen LogP contribution in [-0.2, 0) is 22.4 Å². The van der Waals surface area contributed by atoms with E-state index in [1.54, 1.807) is 0 Å². The fourth-order valence-electron chi connectivity index (χ4n) is 3.14. The van der Waals surface area contributed by atoms with Gasteiger partial charge in [-0.3, -0.25) is 0 Å². The van der Waals surface area contributed by atoms with E-state index >= 15 is 0 Å². The summed E-state index contributed by atoms with van der Waals surface area (Å²) < 4.78 is 5.10. The summed E-state index contributed by atoms with van der Waals surface area (Å²) >= 11 is 1.93. The van der Waals surface area contributed by atoms with Gasteiger partial charge in [-0.05, 0) is 45.2 Å². The predicted molar refractivity (Wildman–Crippen MR) is 81.0 cm³/mol. The molecule has 3 rings (SSSR count). The largest absolute Gasteiger partial charge is 0.480 e. The molecule has 0 saturated carbocycles. The van der Waals surface area contributed by atoms with Crippen LogP contribution in [0.15, 0.2) is 0 Å². The minimum Gasteiger partial charge on any atom is -0.480 e. The fraction of sp³-hybridized carbons (Fsp3) is 0.733. The summed E-state index contributed by atoms with van der Waals surface area (Å²) in [7, 11) is 0. The smallest absolute Gasteiger partial charge is 0.329 e. The molecule has 0 spiro atoms. The Morgan fingerprint density at radius 1 is 1.38 bits per heavy atom. The first-order valence-corrected chi connectivity index (χ1v) is 8.54. The Kier molecular flexibility index (Phi) is 4.87. The molecule has 0 bridgehead atoms. The zero-order chi connectivity index (χ0) is 14.7. The molecule has 2 heterocycles. The van der Waals surface area contributed by atoms with Gasteiger partial charge in [0.1, 0.15) is 6.61 Å². The number of carboxylic acid groups (broad SMARTS) is 1. The second-order valence-electron chi connectivity index (χ2n) is 5.84. The lowest BCUT2D eigenvalue weighted by molar-refractivity contribution is -0.142. The molecule has 2 aliphatic rings. The van der Waals surface area contributed by atoms with Gasteiger partial charge in [0.25, 0.3) is 0 Å². The number of thiazole rings is 1. The minimum atomic E-state index is -0.898. The number of likely N-dealkylation sites (tertiary alicyclic amines) is 1. The van der Waals surface area contributed by atoms with Gasteiger partial charge in [-0.15, -0.1) is 11.3 Å². The van der Waals surface area contributed by atoms with Crippen LogP contribution in [0, 0.1) is 0 Å². The maximum absolute atomic E-state index is 10.4. The topological polar surface area (TPSA) is 62.7 Å². The van der Waals surface area contributed by atoms with Gasteiger partial charge in [-0.2, -0.15) is 0 Å². The zero-order valence-corrected chi connectivity index (χ0v) is 13.0. The van der Waals surface area contributed by atoms with E-state index < -0.39 is 5.97 Å². The summed E-state index contributed by atoms with van der Waals surface area (Å²) in [6, 6.07) is 0. The van der Waals surface area contributed by atoms with Crippen molar-refractivity contribution in [2.45, 2.75) is 38.0 Å². The number of fused-ring (bicyclic) bond motifs is 1. The number of aromatic nitrogens is 1. The predicted octanol–water partition coefficient (Wildman–Crippen LogP) is 1.91. The highest BCUT2D eigenvalue weighted by atomic mass is 32.1. The van der Waals surface area contributed by atoms with Crippen LogP contribution in [0.4, 0.5) is 0 Å². The van der Waals surface area contributed by atoms with Crippen molar-refractivity contribution in [3.05, 3.63) is 15.6 Å². The molecule has 0 atom stereocenters. The normalized spacial score (nSPS) is 19.8. The quantitative estimate of drug-likeness (QED) is 0.813. The van der Waals surface area contributed by atoms with Gasteiger partial charge in [-0.1, -0.05) is 0 Å². The zero-order valence-electron chi connectivity index (χ0n) is 12.2. The Labute approximate surface area is 128 Å². The van der Waals surface area contributed by atoms with E-state index in [1.165, 1.54) is 34.8 Å². The third kappa shape index (κ3) is 3.81. The molecule has 1 aromatic rings. The molecule has 21 heavy (non-hydrogen) atoms. The Bertz CT molecular complexity index is 474. The molecular formula is C15H22N2O3S. The van der Waals surface area contributed by atoms with Crippen LogP contribution in [0.1, 0.15) is 40.8 Å². The monoisotopic (exact) mass is 310 g/mol. The van der Waals surface area contributed by atoms with Crippen LogP contribution in [-0.4, -0.2) is 53.8 Å². The summed E-state index contributed by atoms with van der Waals surface area (Å²) in [6.07, 6.45) is 6.00. The van der Waals surface area contributed by atoms with E-state index in [4.69, 9.17) is 14.8 Å². The Hall–Kier alpha value is -0.980. The summed E-state index contributed by atoms with van der Waals surface area (Å²) in [5, 5.41) is 9.86. The molecule has 1 aromatic heterocycles. The molecule has 1 aliphatic heterocycles. The van der Waals surface area contributed by atoms with E-state index in [2.05, 4.69) is 4.90 Å². The van der Waals surface area contributed by atoms with Crippen molar-refractivity contribution >= 4 is 17.3 Å². The Balaban J connectivity index is 1.41. The molecule has 1 N–H and O–H groups in total. The van der Waals surface area contributed by atoms with E-state index in [9.17, 15) is 4.79 Å². The number of nitrogens with zero attached hydrogens (tertiary/aromatic N) is 2. The van der Waals surface area contributed by atoms with Crippen molar-refractivity contribution in [2.75, 3.05) is 32.8 Å². The van der Waals surface area contributed by atoms with Crippen molar-refractivity contribution in [2.24, 2.45) is 0 Å². The molecule has 116 valence electrons. The van der Waals surface area contributed by atoms with Crippen molar-refractivity contribution in [3.63, 3.8) is 0 Å². The molecule has 0 radical (unpaired) electrons. The second kappa shape index (κ2) is 6.85. The van der Waals surface area contributed by atoms with Gasteiger partial charge in [0.05, 0.1) is 17.3 Å². The summed E-state index contributed by atoms with van der Waals surface area (Å²) in [5.41, 5.74) is 1.36. The van der Waals surface area contributed by atoms with Crippen LogP contribution in [0.2, 0.25) is 0 Å². The third-order valence-corrected chi connectivity index (χ3v) is 5.65. The van der Waals surface area contributed by atoms with E-state index in [1.807, 2.05) is 11.3 Å². The number of hydrogen-bond donors (Lipinski definition) is 1. The lowest BCUT2D eigenvalue weighted by Crippen LogP contribution is -2.35. The number of hydrogen-bond acceptors (Lipinski definition) is 5. The average molecular weight is 310 g/mol. The van der Waals surface area contributed by atoms with Gasteiger partial charge >= 0.3 is 5.97 Å². The van der Waals surface area contributed by atoms with Crippen molar-refractivity contribution < 1.29 is 14.6 Å². The Morgan fingerprint density at radius 3 is 2.90 bits per heavy atom. The number of aryl methyl sites for hydroxylation is 2. The summed E-state index contributed by atoms with van der Waals surface area (Å²) in [4.78, 5) is 19.1. The lowest BCUT2D eigenvalue weighted by atomic mass is 9.97. The van der Waals surface area contributed by atoms with Crippen LogP contribution in [0.25, 0.3) is 0 Å². The first kappa shape index (κ1) is 14.9. The number of carboxylic acids is 1. The van der Waals surface area contributed by atoms with Crippen LogP contribution >= 0.6 is 11.3 Å². The SMILES string of the molecule is O=C(O)COCCN1CCC(c2nc3c(s2)CCC3)CC1. The maximum Gasteiger partial charge on any atom is 0.329 e. The standard InChI is InChI=1S/C15H22N2O3S/c18-14(19)10-20-9-8-17-6-4-11(5-7-17)15-16-12-2-1-3-13(12)21-15/h11H,1-10H2,(H,18,19). The highest BCUT2D eigenvalue weighted by Crippen LogP contribution is 2.35. The fourth-order valence-corrected chi connectivity index (χ4v) is 4.46. The van der Waals surface area contributed by atoms with Crippen molar-refractivity contribution in [1.29, 1.82) is 0 Å². The highest BCUT2D eigenvalue weighted by molar-refractivity contribution is 7.11. The molecule has 5 nitrogen and oxygen atoms in total. The number of carbonyl (C=O) groups is 1. The minimum absolute atomic E-state index is 0.193. The number of piperidine rings is 1. The summed E-state index contributed by atoms with van der Waals surface area (Å²) in [6.45, 7) is 3.26. The third-order valence-electron chi connectivity index (χ3n) is 4.33. The molecule has 0 unspecified atom stereocenters. The average Bonchev–Trinajstić information content (AvgIpc) is 3.05. The van der Waals surface area contributed by atoms with Crippen molar-refractivity contribution in [3.8, 4) is 0 Å². The van der Waals surface area contributed by atoms with E-state index in [-0.39, 0.29) is 6.61 Å². The number of ether oxygens (including phenoxy) is 1. The highest BCUT2D eigenvalue weighted by Gasteiger charge is 2.25. The molecular weight excluding hydrogens is 288 g/mol. The number of aliphatic carboxylic acids is 1. The molecule has 0 amide bonds. The second-order valence-corrected chi connectivity index (χ2v) is 6.95. The summed E-state index contributed by atoms with van der Waals surface area (Å²) in [5.74, 6) is -0.276. The number of rotatable bonds is 6. The van der Waals surface area contributed by atoms with Gasteiger partial charge in [0.2, 0.25) is 0 Å². The van der Waals surface area contributed by atoms with E-state index in [0.29, 0.717) is 12.5 Å². The molecule has 1 aliphatic carbocycles. The van der Waals surface area contributed by atoms with Crippen LogP contribution < -0.4 is 0 Å².